The summed E-state index contributed by atoms with van der Waals surface area (Å²) < 4.78 is 23.4. The smallest absolute Gasteiger partial charge is 0.188 e. The molecule has 8 heteroatoms. The van der Waals surface area contributed by atoms with E-state index < -0.39 is 0 Å². The van der Waals surface area contributed by atoms with Crippen molar-refractivity contribution in [1.29, 1.82) is 0 Å². The molecule has 0 amide bonds. The SMILES string of the molecule is COCOc1ccc2cc(-c3ccc(-c4ccc(-c5ccccn5)nc4)cc3)ccc2c1-c1c(OCOC)ccc2cc(-c3ccc(-c4ccc(-c5ccccn5)nc4)cc3)ccc12. The fourth-order valence-corrected chi connectivity index (χ4v) is 8.15. The standard InChI is InChI=1S/C56H42N4O4/c1-61-35-63-53-27-21-43-31-41(37-9-13-39(14-10-37)45-19-25-51(59-33-45)49-7-3-5-29-57-49)17-23-47(43)55(53)56-48-24-18-42(32-44(48)22-28-54(56)64-36-62-2)38-11-15-40(16-12-38)46-20-26-52(60-34-46)50-8-4-6-30-58-50/h3-34H,35-36H2,1-2H3. The van der Waals surface area contributed by atoms with Crippen LogP contribution in [0.1, 0.15) is 0 Å². The lowest BCUT2D eigenvalue weighted by Gasteiger charge is -2.20. The molecule has 310 valence electrons. The van der Waals surface area contributed by atoms with Crippen molar-refractivity contribution in [2.24, 2.45) is 0 Å². The highest BCUT2D eigenvalue weighted by Crippen LogP contribution is 2.47. The van der Waals surface area contributed by atoms with Crippen molar-refractivity contribution < 1.29 is 18.9 Å². The summed E-state index contributed by atoms with van der Waals surface area (Å²) in [5, 5.41) is 4.15. The third-order valence-electron chi connectivity index (χ3n) is 11.4. The summed E-state index contributed by atoms with van der Waals surface area (Å²) in [5.74, 6) is 1.37. The predicted molar refractivity (Wildman–Crippen MR) is 256 cm³/mol. The van der Waals surface area contributed by atoms with E-state index in [1.165, 1.54) is 0 Å². The minimum Gasteiger partial charge on any atom is -0.467 e. The number of rotatable bonds is 13. The van der Waals surface area contributed by atoms with Crippen LogP contribution < -0.4 is 9.47 Å². The average molecular weight is 835 g/mol. The molecule has 0 unspecified atom stereocenters. The monoisotopic (exact) mass is 834 g/mol. The van der Waals surface area contributed by atoms with Crippen LogP contribution in [-0.4, -0.2) is 47.7 Å². The largest absolute Gasteiger partial charge is 0.467 e. The number of pyridine rings is 4. The summed E-state index contributed by atoms with van der Waals surface area (Å²) in [6, 6.07) is 58.4. The first-order chi connectivity index (χ1) is 31.6. The number of methoxy groups -OCH3 is 2. The topological polar surface area (TPSA) is 88.5 Å². The van der Waals surface area contributed by atoms with E-state index in [2.05, 4.69) is 129 Å². The van der Waals surface area contributed by atoms with Gasteiger partial charge in [-0.3, -0.25) is 19.9 Å². The Morgan fingerprint density at radius 2 is 0.719 bits per heavy atom. The predicted octanol–water partition coefficient (Wildman–Crippen LogP) is 13.2. The minimum absolute atomic E-state index is 0.0912. The third-order valence-corrected chi connectivity index (χ3v) is 11.4. The van der Waals surface area contributed by atoms with Gasteiger partial charge in [-0.2, -0.15) is 0 Å². The quantitative estimate of drug-likeness (QED) is 0.106. The fourth-order valence-electron chi connectivity index (χ4n) is 8.15. The highest BCUT2D eigenvalue weighted by Gasteiger charge is 2.20. The van der Waals surface area contributed by atoms with Gasteiger partial charge in [-0.25, -0.2) is 0 Å². The van der Waals surface area contributed by atoms with E-state index in [4.69, 9.17) is 18.9 Å². The molecule has 4 aromatic heterocycles. The molecule has 0 aliphatic rings. The second kappa shape index (κ2) is 18.1. The zero-order chi connectivity index (χ0) is 43.2. The van der Waals surface area contributed by atoms with Crippen molar-refractivity contribution in [2.45, 2.75) is 0 Å². The van der Waals surface area contributed by atoms with Gasteiger partial charge < -0.3 is 18.9 Å². The van der Waals surface area contributed by atoms with Gasteiger partial charge in [-0.1, -0.05) is 109 Å². The van der Waals surface area contributed by atoms with Gasteiger partial charge in [0, 0.05) is 61.3 Å². The molecule has 0 saturated heterocycles. The Morgan fingerprint density at radius 1 is 0.344 bits per heavy atom. The number of nitrogens with zero attached hydrogens (tertiary/aromatic N) is 4. The van der Waals surface area contributed by atoms with Crippen molar-refractivity contribution >= 4 is 21.5 Å². The molecule has 10 aromatic rings. The van der Waals surface area contributed by atoms with Crippen LogP contribution in [0.4, 0.5) is 0 Å². The van der Waals surface area contributed by atoms with Gasteiger partial charge in [-0.05, 0) is 116 Å². The van der Waals surface area contributed by atoms with Crippen molar-refractivity contribution in [1.82, 2.24) is 19.9 Å². The zero-order valence-electron chi connectivity index (χ0n) is 35.3. The Kier molecular flexibility index (Phi) is 11.3. The molecule has 6 aromatic carbocycles. The minimum atomic E-state index is 0.0912. The lowest BCUT2D eigenvalue weighted by Crippen LogP contribution is -2.04. The van der Waals surface area contributed by atoms with Crippen LogP contribution in [0.2, 0.25) is 0 Å². The van der Waals surface area contributed by atoms with Crippen molar-refractivity contribution in [2.75, 3.05) is 27.8 Å². The van der Waals surface area contributed by atoms with Gasteiger partial charge in [-0.15, -0.1) is 0 Å². The second-order valence-electron chi connectivity index (χ2n) is 15.3. The normalized spacial score (nSPS) is 11.2. The van der Waals surface area contributed by atoms with E-state index in [-0.39, 0.29) is 13.6 Å². The van der Waals surface area contributed by atoms with E-state index in [1.54, 1.807) is 26.6 Å². The van der Waals surface area contributed by atoms with Gasteiger partial charge in [0.25, 0.3) is 0 Å². The van der Waals surface area contributed by atoms with Crippen LogP contribution >= 0.6 is 0 Å². The molecule has 0 saturated carbocycles. The maximum atomic E-state index is 6.30. The van der Waals surface area contributed by atoms with E-state index in [9.17, 15) is 0 Å². The highest BCUT2D eigenvalue weighted by atomic mass is 16.7. The van der Waals surface area contributed by atoms with Crippen LogP contribution in [0.5, 0.6) is 11.5 Å². The lowest BCUT2D eigenvalue weighted by atomic mass is 9.89. The van der Waals surface area contributed by atoms with Crippen LogP contribution in [0.25, 0.3) is 100.0 Å². The molecule has 4 heterocycles. The number of aromatic nitrogens is 4. The molecule has 8 nitrogen and oxygen atoms in total. The van der Waals surface area contributed by atoms with E-state index >= 15 is 0 Å². The number of hydrogen-bond acceptors (Lipinski definition) is 8. The van der Waals surface area contributed by atoms with Crippen molar-refractivity contribution in [3.8, 4) is 89.9 Å². The molecule has 0 radical (unpaired) electrons. The Morgan fingerprint density at radius 3 is 1.08 bits per heavy atom. The molecular weight excluding hydrogens is 793 g/mol. The van der Waals surface area contributed by atoms with Gasteiger partial charge >= 0.3 is 0 Å². The Bertz CT molecular complexity index is 2980. The van der Waals surface area contributed by atoms with Gasteiger partial charge in [0.15, 0.2) is 13.6 Å². The highest BCUT2D eigenvalue weighted by molar-refractivity contribution is 6.11. The molecular formula is C56H42N4O4. The molecule has 0 aliphatic carbocycles. The third kappa shape index (κ3) is 8.19. The molecule has 64 heavy (non-hydrogen) atoms. The summed E-state index contributed by atoms with van der Waals surface area (Å²) in [7, 11) is 3.25. The average Bonchev–Trinajstić information content (AvgIpc) is 3.37. The number of hydrogen-bond donors (Lipinski definition) is 0. The molecule has 0 N–H and O–H groups in total. The van der Waals surface area contributed by atoms with Crippen molar-refractivity contribution in [3.05, 3.63) is 195 Å². The first-order valence-corrected chi connectivity index (χ1v) is 21.0. The van der Waals surface area contributed by atoms with Gasteiger partial charge in [0.2, 0.25) is 0 Å². The summed E-state index contributed by atoms with van der Waals surface area (Å²) >= 11 is 0. The molecule has 0 aliphatic heterocycles. The van der Waals surface area contributed by atoms with Gasteiger partial charge in [0.1, 0.15) is 11.5 Å². The molecule has 0 bridgehead atoms. The van der Waals surface area contributed by atoms with E-state index in [1.807, 2.05) is 73.1 Å². The molecule has 0 spiro atoms. The zero-order valence-corrected chi connectivity index (χ0v) is 35.3. The van der Waals surface area contributed by atoms with Crippen LogP contribution in [0, 0.1) is 0 Å². The van der Waals surface area contributed by atoms with Crippen LogP contribution in [0.3, 0.4) is 0 Å². The molecule has 0 fully saturated rings. The first kappa shape index (κ1) is 40.1. The number of benzene rings is 6. The van der Waals surface area contributed by atoms with E-state index in [0.717, 1.165) is 100.0 Å². The Balaban J connectivity index is 0.984. The number of ether oxygens (including phenoxy) is 4. The fraction of sp³-hybridized carbons (Fsp3) is 0.0714. The summed E-state index contributed by atoms with van der Waals surface area (Å²) in [6.07, 6.45) is 7.37. The van der Waals surface area contributed by atoms with Gasteiger partial charge in [0.05, 0.1) is 22.8 Å². The number of fused-ring (bicyclic) bond motifs is 2. The van der Waals surface area contributed by atoms with Crippen LogP contribution in [0.15, 0.2) is 195 Å². The molecule has 10 rings (SSSR count). The maximum Gasteiger partial charge on any atom is 0.188 e. The van der Waals surface area contributed by atoms with Crippen LogP contribution in [-0.2, 0) is 9.47 Å². The summed E-state index contributed by atoms with van der Waals surface area (Å²) in [4.78, 5) is 18.2. The summed E-state index contributed by atoms with van der Waals surface area (Å²) in [5.41, 5.74) is 13.9. The van der Waals surface area contributed by atoms with Crippen molar-refractivity contribution in [3.63, 3.8) is 0 Å². The van der Waals surface area contributed by atoms with E-state index in [0.29, 0.717) is 11.5 Å². The summed E-state index contributed by atoms with van der Waals surface area (Å²) in [6.45, 7) is 0.182. The molecule has 0 atom stereocenters. The lowest BCUT2D eigenvalue weighted by molar-refractivity contribution is 0.0502. The Hall–Kier alpha value is -8.04. The second-order valence-corrected chi connectivity index (χ2v) is 15.3. The Labute approximate surface area is 371 Å². The maximum absolute atomic E-state index is 6.30. The first-order valence-electron chi connectivity index (χ1n) is 21.0.